The van der Waals surface area contributed by atoms with Crippen LogP contribution in [-0.4, -0.2) is 30.1 Å². The zero-order chi connectivity index (χ0) is 13.4. The fraction of sp³-hybridized carbons (Fsp3) is 0.333. The maximum atomic E-state index is 12.2. The number of rotatable bonds is 1. The Labute approximate surface area is 121 Å². The van der Waals surface area contributed by atoms with Crippen LogP contribution in [0.5, 0.6) is 0 Å². The minimum Gasteiger partial charge on any atom is -0.377 e. The van der Waals surface area contributed by atoms with E-state index in [4.69, 9.17) is 0 Å². The van der Waals surface area contributed by atoms with Crippen LogP contribution in [0.3, 0.4) is 0 Å². The first kappa shape index (κ1) is 12.6. The Balaban J connectivity index is 1.99. The van der Waals surface area contributed by atoms with Crippen LogP contribution < -0.4 is 0 Å². The standard InChI is InChI=1S/C15H15BrN2O/c1-18-8-2-3-12-14(18)9-13(17-15(12)19)10-4-6-11(16)7-5-10/h4-7,9,12H,2-3,8H2,1H3. The molecule has 0 spiro atoms. The number of allylic oxidation sites excluding steroid dienone is 1. The maximum Gasteiger partial charge on any atom is 0.255 e. The second kappa shape index (κ2) is 4.93. The second-order valence-electron chi connectivity index (χ2n) is 5.03. The number of piperidine rings is 1. The molecule has 1 aromatic rings. The number of dihydropyridines is 1. The number of nitrogens with zero attached hydrogens (tertiary/aromatic N) is 2. The molecule has 0 N–H and O–H groups in total. The number of amides is 1. The van der Waals surface area contributed by atoms with Gasteiger partial charge in [0, 0.05) is 29.3 Å². The molecular weight excluding hydrogens is 304 g/mol. The predicted octanol–water partition coefficient (Wildman–Crippen LogP) is 3.00. The molecule has 4 heteroatoms. The normalized spacial score (nSPS) is 22.7. The third-order valence-corrected chi connectivity index (χ3v) is 4.27. The van der Waals surface area contributed by atoms with Crippen LogP contribution in [-0.2, 0) is 4.79 Å². The molecule has 2 heterocycles. The molecule has 1 amide bonds. The summed E-state index contributed by atoms with van der Waals surface area (Å²) < 4.78 is 1.03. The number of fused-ring (bicyclic) bond motifs is 1. The largest absolute Gasteiger partial charge is 0.377 e. The summed E-state index contributed by atoms with van der Waals surface area (Å²) in [5, 5.41) is 0. The van der Waals surface area contributed by atoms with E-state index < -0.39 is 0 Å². The van der Waals surface area contributed by atoms with Crippen molar-refractivity contribution in [2.45, 2.75) is 12.8 Å². The molecule has 1 saturated heterocycles. The van der Waals surface area contributed by atoms with E-state index in [-0.39, 0.29) is 11.8 Å². The molecule has 1 unspecified atom stereocenters. The molecule has 0 aliphatic carbocycles. The summed E-state index contributed by atoms with van der Waals surface area (Å²) in [6.07, 6.45) is 4.05. The minimum absolute atomic E-state index is 0.00182. The van der Waals surface area contributed by atoms with Gasteiger partial charge in [0.05, 0.1) is 11.6 Å². The van der Waals surface area contributed by atoms with Gasteiger partial charge in [-0.3, -0.25) is 4.79 Å². The van der Waals surface area contributed by atoms with E-state index in [2.05, 4.69) is 38.9 Å². The van der Waals surface area contributed by atoms with E-state index in [0.717, 1.165) is 40.8 Å². The van der Waals surface area contributed by atoms with Gasteiger partial charge in [0.25, 0.3) is 5.91 Å². The molecule has 98 valence electrons. The Bertz CT molecular complexity index is 574. The lowest BCUT2D eigenvalue weighted by atomic mass is 9.89. The highest BCUT2D eigenvalue weighted by molar-refractivity contribution is 9.10. The molecular formula is C15H15BrN2O. The fourth-order valence-electron chi connectivity index (χ4n) is 2.67. The van der Waals surface area contributed by atoms with Gasteiger partial charge in [-0.15, -0.1) is 0 Å². The Morgan fingerprint density at radius 2 is 2.05 bits per heavy atom. The zero-order valence-electron chi connectivity index (χ0n) is 10.8. The van der Waals surface area contributed by atoms with E-state index in [1.54, 1.807) is 0 Å². The average molecular weight is 319 g/mol. The van der Waals surface area contributed by atoms with Gasteiger partial charge in [0.2, 0.25) is 0 Å². The van der Waals surface area contributed by atoms with Crippen molar-refractivity contribution in [2.24, 2.45) is 10.9 Å². The quantitative estimate of drug-likeness (QED) is 0.797. The summed E-state index contributed by atoms with van der Waals surface area (Å²) in [4.78, 5) is 18.6. The third-order valence-electron chi connectivity index (χ3n) is 3.74. The number of benzene rings is 1. The van der Waals surface area contributed by atoms with Crippen LogP contribution in [0, 0.1) is 5.92 Å². The van der Waals surface area contributed by atoms with Crippen molar-refractivity contribution in [3.05, 3.63) is 46.1 Å². The highest BCUT2D eigenvalue weighted by Gasteiger charge is 2.32. The Morgan fingerprint density at radius 1 is 1.32 bits per heavy atom. The van der Waals surface area contributed by atoms with Crippen LogP contribution in [0.15, 0.2) is 45.5 Å². The van der Waals surface area contributed by atoms with Crippen molar-refractivity contribution in [3.8, 4) is 0 Å². The topological polar surface area (TPSA) is 32.7 Å². The van der Waals surface area contributed by atoms with E-state index in [1.165, 1.54) is 0 Å². The second-order valence-corrected chi connectivity index (χ2v) is 5.94. The van der Waals surface area contributed by atoms with Gasteiger partial charge in [0.15, 0.2) is 0 Å². The van der Waals surface area contributed by atoms with Gasteiger partial charge in [-0.2, -0.15) is 0 Å². The summed E-state index contributed by atoms with van der Waals surface area (Å²) in [5.74, 6) is -0.0279. The highest BCUT2D eigenvalue weighted by Crippen LogP contribution is 2.30. The van der Waals surface area contributed by atoms with Crippen LogP contribution in [0.4, 0.5) is 0 Å². The highest BCUT2D eigenvalue weighted by atomic mass is 79.9. The summed E-state index contributed by atoms with van der Waals surface area (Å²) in [5.41, 5.74) is 2.88. The first-order valence-electron chi connectivity index (χ1n) is 6.46. The molecule has 1 fully saturated rings. The predicted molar refractivity (Wildman–Crippen MR) is 79.1 cm³/mol. The summed E-state index contributed by atoms with van der Waals surface area (Å²) >= 11 is 3.42. The van der Waals surface area contributed by atoms with Crippen LogP contribution in [0.2, 0.25) is 0 Å². The van der Waals surface area contributed by atoms with E-state index in [9.17, 15) is 4.79 Å². The molecule has 3 rings (SSSR count). The SMILES string of the molecule is CN1CCCC2C(=O)N=C(c3ccc(Br)cc3)C=C21. The number of carbonyl (C=O) groups excluding carboxylic acids is 1. The van der Waals surface area contributed by atoms with Crippen molar-refractivity contribution in [2.75, 3.05) is 13.6 Å². The maximum absolute atomic E-state index is 12.2. The molecule has 0 aromatic heterocycles. The van der Waals surface area contributed by atoms with Crippen LogP contribution in [0.1, 0.15) is 18.4 Å². The Kier molecular flexibility index (Phi) is 3.27. The number of hydrogen-bond acceptors (Lipinski definition) is 2. The van der Waals surface area contributed by atoms with Crippen molar-refractivity contribution in [1.82, 2.24) is 4.90 Å². The number of carbonyl (C=O) groups is 1. The molecule has 0 radical (unpaired) electrons. The number of likely N-dealkylation sites (tertiary alicyclic amines) is 1. The van der Waals surface area contributed by atoms with E-state index in [1.807, 2.05) is 24.3 Å². The first-order chi connectivity index (χ1) is 9.15. The molecule has 0 bridgehead atoms. The Hall–Kier alpha value is -1.42. The number of halogens is 1. The van der Waals surface area contributed by atoms with Gasteiger partial charge in [-0.1, -0.05) is 28.1 Å². The van der Waals surface area contributed by atoms with Gasteiger partial charge in [-0.05, 0) is 31.1 Å². The molecule has 19 heavy (non-hydrogen) atoms. The molecule has 3 nitrogen and oxygen atoms in total. The van der Waals surface area contributed by atoms with Gasteiger partial charge < -0.3 is 4.90 Å². The van der Waals surface area contributed by atoms with Gasteiger partial charge in [-0.25, -0.2) is 4.99 Å². The van der Waals surface area contributed by atoms with Gasteiger partial charge >= 0.3 is 0 Å². The van der Waals surface area contributed by atoms with E-state index in [0.29, 0.717) is 0 Å². The third kappa shape index (κ3) is 2.37. The zero-order valence-corrected chi connectivity index (χ0v) is 12.4. The van der Waals surface area contributed by atoms with Crippen molar-refractivity contribution in [1.29, 1.82) is 0 Å². The van der Waals surface area contributed by atoms with E-state index >= 15 is 0 Å². The van der Waals surface area contributed by atoms with Crippen LogP contribution in [0.25, 0.3) is 0 Å². The van der Waals surface area contributed by atoms with Gasteiger partial charge in [0.1, 0.15) is 0 Å². The lowest BCUT2D eigenvalue weighted by molar-refractivity contribution is -0.121. The number of aliphatic imine (C=N–C) groups is 1. The monoisotopic (exact) mass is 318 g/mol. The summed E-state index contributed by atoms with van der Waals surface area (Å²) in [7, 11) is 2.05. The molecule has 0 saturated carbocycles. The van der Waals surface area contributed by atoms with Crippen LogP contribution >= 0.6 is 15.9 Å². The number of hydrogen-bond donors (Lipinski definition) is 0. The van der Waals surface area contributed by atoms with Crippen molar-refractivity contribution in [3.63, 3.8) is 0 Å². The van der Waals surface area contributed by atoms with Crippen molar-refractivity contribution < 1.29 is 4.79 Å². The minimum atomic E-state index is -0.0297. The summed E-state index contributed by atoms with van der Waals surface area (Å²) in [6.45, 7) is 1.02. The molecule has 2 aliphatic rings. The lowest BCUT2D eigenvalue weighted by Crippen LogP contribution is -2.36. The lowest BCUT2D eigenvalue weighted by Gasteiger charge is -2.34. The summed E-state index contributed by atoms with van der Waals surface area (Å²) in [6, 6.07) is 7.90. The average Bonchev–Trinajstić information content (AvgIpc) is 2.41. The molecule has 1 atom stereocenters. The fourth-order valence-corrected chi connectivity index (χ4v) is 2.94. The van der Waals surface area contributed by atoms with Crippen molar-refractivity contribution >= 4 is 27.5 Å². The molecule has 2 aliphatic heterocycles. The molecule has 1 aromatic carbocycles. The first-order valence-corrected chi connectivity index (χ1v) is 7.25. The smallest absolute Gasteiger partial charge is 0.255 e. The Morgan fingerprint density at radius 3 is 2.79 bits per heavy atom.